The molecule has 0 aliphatic rings. The number of carbonyl (C=O) groups is 1. The first-order valence-electron chi connectivity index (χ1n) is 1.88. The van der Waals surface area contributed by atoms with Gasteiger partial charge in [-0.2, -0.15) is 0 Å². The summed E-state index contributed by atoms with van der Waals surface area (Å²) in [6.07, 6.45) is 0. The minimum absolute atomic E-state index is 0.200. The molecular weight excluding hydrogens is 339 g/mol. The van der Waals surface area contributed by atoms with Crippen molar-refractivity contribution < 1.29 is 4.79 Å². The zero-order chi connectivity index (χ0) is 7.44. The minimum atomic E-state index is -0.652. The van der Waals surface area contributed by atoms with Crippen LogP contribution in [0.15, 0.2) is 9.47 Å². The van der Waals surface area contributed by atoms with E-state index in [-0.39, 0.29) is 5.78 Å². The first kappa shape index (κ1) is 10.1. The molecule has 0 saturated heterocycles. The van der Waals surface area contributed by atoms with Crippen molar-refractivity contribution in [3.63, 3.8) is 0 Å². The first-order valence-corrected chi connectivity index (χ1v) is 4.94. The maximum Gasteiger partial charge on any atom is 0.198 e. The third-order valence-electron chi connectivity index (χ3n) is 0.529. The largest absolute Gasteiger partial charge is 0.291 e. The zero-order valence-corrected chi connectivity index (χ0v) is 9.59. The zero-order valence-electron chi connectivity index (χ0n) is 4.07. The van der Waals surface area contributed by atoms with E-state index in [2.05, 4.69) is 47.8 Å². The Morgan fingerprint density at radius 3 is 2.22 bits per heavy atom. The van der Waals surface area contributed by atoms with Crippen molar-refractivity contribution in [2.45, 2.75) is 4.29 Å². The summed E-state index contributed by atoms with van der Waals surface area (Å²) in [5.74, 6) is -0.200. The fourth-order valence-corrected chi connectivity index (χ4v) is 1.42. The van der Waals surface area contributed by atoms with Gasteiger partial charge in [0.25, 0.3) is 0 Å². The molecule has 0 spiro atoms. The molecule has 0 aromatic heterocycles. The second-order valence-corrected chi connectivity index (χ2v) is 4.31. The lowest BCUT2D eigenvalue weighted by Crippen LogP contribution is -2.05. The van der Waals surface area contributed by atoms with E-state index in [1.54, 1.807) is 0 Å². The summed E-state index contributed by atoms with van der Waals surface area (Å²) in [4.78, 5) is 12.2. The van der Waals surface area contributed by atoms with Gasteiger partial charge < -0.3 is 0 Å². The lowest BCUT2D eigenvalue weighted by atomic mass is 10.4. The van der Waals surface area contributed by atoms with Crippen molar-refractivity contribution in [2.75, 3.05) is 0 Å². The molecule has 0 saturated carbocycles. The molecule has 1 unspecified atom stereocenters. The summed E-state index contributed by atoms with van der Waals surface area (Å²) in [5.41, 5.74) is 0. The maximum absolute atomic E-state index is 10.7. The highest BCUT2D eigenvalue weighted by atomic mass is 79.9. The Hall–Kier alpha value is 1.14. The van der Waals surface area contributed by atoms with Gasteiger partial charge in [-0.05, 0) is 20.9 Å². The Bertz CT molecular complexity index is 143. The SMILES string of the molecule is O=C(C(Br)=CBr)C(Cl)Br. The summed E-state index contributed by atoms with van der Waals surface area (Å²) < 4.78 is -0.236. The molecule has 0 aromatic rings. The lowest BCUT2D eigenvalue weighted by molar-refractivity contribution is -0.113. The molecule has 0 aromatic carbocycles. The number of hydrogen-bond acceptors (Lipinski definition) is 1. The third-order valence-corrected chi connectivity index (χ3v) is 2.84. The summed E-state index contributed by atoms with van der Waals surface area (Å²) in [7, 11) is 0. The molecule has 1 atom stereocenters. The number of ketones is 1. The highest BCUT2D eigenvalue weighted by Crippen LogP contribution is 2.17. The Balaban J connectivity index is 4.06. The van der Waals surface area contributed by atoms with Gasteiger partial charge in [-0.15, -0.1) is 11.6 Å². The number of allylic oxidation sites excluding steroid dienone is 1. The quantitative estimate of drug-likeness (QED) is 0.557. The molecule has 0 aliphatic heterocycles. The Morgan fingerprint density at radius 2 is 2.11 bits per heavy atom. The van der Waals surface area contributed by atoms with E-state index >= 15 is 0 Å². The number of hydrogen-bond donors (Lipinski definition) is 0. The predicted molar refractivity (Wildman–Crippen MR) is 49.5 cm³/mol. The summed E-state index contributed by atoms with van der Waals surface area (Å²) in [6, 6.07) is 0. The topological polar surface area (TPSA) is 17.1 Å². The van der Waals surface area contributed by atoms with E-state index in [1.165, 1.54) is 4.99 Å². The highest BCUT2D eigenvalue weighted by molar-refractivity contribution is 9.14. The van der Waals surface area contributed by atoms with Crippen LogP contribution in [0.4, 0.5) is 0 Å². The molecule has 0 rings (SSSR count). The van der Waals surface area contributed by atoms with E-state index < -0.39 is 4.29 Å². The van der Waals surface area contributed by atoms with Crippen LogP contribution in [-0.2, 0) is 4.79 Å². The van der Waals surface area contributed by atoms with Crippen LogP contribution >= 0.6 is 59.4 Å². The molecule has 52 valence electrons. The fraction of sp³-hybridized carbons (Fsp3) is 0.250. The highest BCUT2D eigenvalue weighted by Gasteiger charge is 2.13. The van der Waals surface area contributed by atoms with Gasteiger partial charge in [-0.3, -0.25) is 4.79 Å². The summed E-state index contributed by atoms with van der Waals surface area (Å²) in [5, 5.41) is 0. The predicted octanol–water partition coefficient (Wildman–Crippen LogP) is 3.15. The number of rotatable bonds is 2. The Labute approximate surface area is 83.2 Å². The van der Waals surface area contributed by atoms with E-state index in [9.17, 15) is 4.79 Å². The number of carbonyl (C=O) groups excluding carboxylic acids is 1. The second kappa shape index (κ2) is 4.88. The van der Waals surface area contributed by atoms with Crippen molar-refractivity contribution in [1.82, 2.24) is 0 Å². The van der Waals surface area contributed by atoms with Gasteiger partial charge in [0.05, 0.1) is 4.48 Å². The maximum atomic E-state index is 10.7. The van der Waals surface area contributed by atoms with Crippen molar-refractivity contribution in [3.05, 3.63) is 9.47 Å². The number of Topliss-reactive ketones (excluding diaryl/α,β-unsaturated/α-hetero) is 1. The average Bonchev–Trinajstić information content (AvgIpc) is 1.84. The Kier molecular flexibility index (Phi) is 5.50. The van der Waals surface area contributed by atoms with Gasteiger partial charge in [0.15, 0.2) is 10.1 Å². The molecule has 0 N–H and O–H groups in total. The first-order chi connectivity index (χ1) is 4.09. The molecule has 0 radical (unpaired) electrons. The lowest BCUT2D eigenvalue weighted by Gasteiger charge is -1.95. The standard InChI is InChI=1S/C4H2Br3ClO/c5-1-2(6)3(9)4(7)8/h1,4H. The molecule has 0 heterocycles. The Morgan fingerprint density at radius 1 is 1.67 bits per heavy atom. The van der Waals surface area contributed by atoms with Crippen molar-refractivity contribution in [3.8, 4) is 0 Å². The van der Waals surface area contributed by atoms with Gasteiger partial charge in [-0.25, -0.2) is 0 Å². The van der Waals surface area contributed by atoms with E-state index in [1.807, 2.05) is 0 Å². The molecule has 0 bridgehead atoms. The van der Waals surface area contributed by atoms with Gasteiger partial charge in [0.1, 0.15) is 0 Å². The summed E-state index contributed by atoms with van der Waals surface area (Å²) in [6.45, 7) is 0. The summed E-state index contributed by atoms with van der Waals surface area (Å²) >= 11 is 14.3. The van der Waals surface area contributed by atoms with Crippen LogP contribution in [0, 0.1) is 0 Å². The average molecular weight is 341 g/mol. The molecule has 0 aliphatic carbocycles. The van der Waals surface area contributed by atoms with Gasteiger partial charge in [0, 0.05) is 0 Å². The van der Waals surface area contributed by atoms with Crippen LogP contribution in [0.25, 0.3) is 0 Å². The smallest absolute Gasteiger partial charge is 0.198 e. The van der Waals surface area contributed by atoms with Crippen LogP contribution in [0.5, 0.6) is 0 Å². The minimum Gasteiger partial charge on any atom is -0.291 e. The van der Waals surface area contributed by atoms with Crippen molar-refractivity contribution in [1.29, 1.82) is 0 Å². The monoisotopic (exact) mass is 338 g/mol. The molecule has 1 nitrogen and oxygen atoms in total. The normalized spacial score (nSPS) is 15.3. The number of alkyl halides is 2. The van der Waals surface area contributed by atoms with Gasteiger partial charge >= 0.3 is 0 Å². The third kappa shape index (κ3) is 3.75. The molecular formula is C4H2Br3ClO. The van der Waals surface area contributed by atoms with E-state index in [0.717, 1.165) is 0 Å². The molecule has 0 amide bonds. The fourth-order valence-electron chi connectivity index (χ4n) is 0.158. The van der Waals surface area contributed by atoms with Crippen molar-refractivity contribution in [2.24, 2.45) is 0 Å². The van der Waals surface area contributed by atoms with Crippen molar-refractivity contribution >= 4 is 65.2 Å². The molecule has 0 fully saturated rings. The molecule has 9 heavy (non-hydrogen) atoms. The van der Waals surface area contributed by atoms with Crippen LogP contribution in [0.1, 0.15) is 0 Å². The number of halogens is 4. The second-order valence-electron chi connectivity index (χ2n) is 1.12. The van der Waals surface area contributed by atoms with Gasteiger partial charge in [-0.1, -0.05) is 31.9 Å². The van der Waals surface area contributed by atoms with Crippen LogP contribution in [-0.4, -0.2) is 10.1 Å². The van der Waals surface area contributed by atoms with E-state index in [0.29, 0.717) is 4.48 Å². The van der Waals surface area contributed by atoms with E-state index in [4.69, 9.17) is 11.6 Å². The van der Waals surface area contributed by atoms with Crippen LogP contribution in [0.3, 0.4) is 0 Å². The molecule has 5 heteroatoms. The van der Waals surface area contributed by atoms with Gasteiger partial charge in [0.2, 0.25) is 0 Å². The van der Waals surface area contributed by atoms with Crippen LogP contribution in [0.2, 0.25) is 0 Å². The van der Waals surface area contributed by atoms with Crippen LogP contribution < -0.4 is 0 Å².